The van der Waals surface area contributed by atoms with Gasteiger partial charge in [-0.2, -0.15) is 0 Å². The number of carbonyl (C=O) groups excluding carboxylic acids is 5. The van der Waals surface area contributed by atoms with Gasteiger partial charge in [-0.15, -0.1) is 0 Å². The van der Waals surface area contributed by atoms with Crippen LogP contribution in [0, 0.1) is 11.3 Å². The minimum atomic E-state index is -5.20. The molecule has 2 saturated carbocycles. The molecule has 7 atom stereocenters. The second-order valence-electron chi connectivity index (χ2n) is 27.4. The third-order valence-electron chi connectivity index (χ3n) is 19.0. The van der Waals surface area contributed by atoms with E-state index in [4.69, 9.17) is 37.0 Å². The van der Waals surface area contributed by atoms with Crippen molar-refractivity contribution in [3.05, 3.63) is 41.0 Å². The maximum atomic E-state index is 12.8. The number of hydrogen-bond acceptors (Lipinski definition) is 19. The van der Waals surface area contributed by atoms with E-state index in [1.54, 1.807) is 6.07 Å². The number of allylic oxidation sites excluding steroid dienone is 2. The molecule has 554 valence electrons. The fourth-order valence-electron chi connectivity index (χ4n) is 13.1. The van der Waals surface area contributed by atoms with Gasteiger partial charge in [-0.1, -0.05) is 258 Å². The molecule has 0 amide bonds. The first-order valence-corrected chi connectivity index (χ1v) is 40.8. The van der Waals surface area contributed by atoms with Gasteiger partial charge < -0.3 is 57.0 Å². The van der Waals surface area contributed by atoms with E-state index in [9.17, 15) is 53.1 Å². The Labute approximate surface area is 635 Å². The van der Waals surface area contributed by atoms with E-state index in [0.29, 0.717) is 49.1 Å². The van der Waals surface area contributed by atoms with Crippen LogP contribution in [0.2, 0.25) is 0 Å². The van der Waals surface area contributed by atoms with Crippen molar-refractivity contribution in [1.82, 2.24) is 0 Å². The molecule has 1 aromatic carbocycles. The number of aliphatic hydroxyl groups excluding tert-OH is 1. The summed E-state index contributed by atoms with van der Waals surface area (Å²) in [6.45, 7) is 6.54. The summed E-state index contributed by atoms with van der Waals surface area (Å²) in [4.78, 5) is 88.5. The van der Waals surface area contributed by atoms with E-state index in [1.165, 1.54) is 119 Å². The van der Waals surface area contributed by atoms with Gasteiger partial charge in [0.1, 0.15) is 30.9 Å². The van der Waals surface area contributed by atoms with Crippen molar-refractivity contribution in [1.29, 1.82) is 0 Å². The summed E-state index contributed by atoms with van der Waals surface area (Å²) in [5, 5.41) is 20.1. The summed E-state index contributed by atoms with van der Waals surface area (Å²) in [6, 6.07) is 5.79. The van der Waals surface area contributed by atoms with Crippen molar-refractivity contribution in [2.45, 2.75) is 348 Å². The number of aromatic hydroxyl groups is 1. The Balaban J connectivity index is 0.00000181. The van der Waals surface area contributed by atoms with E-state index in [0.717, 1.165) is 135 Å². The molecule has 2 N–H and O–H groups in total. The van der Waals surface area contributed by atoms with Gasteiger partial charge in [0.2, 0.25) is 0 Å². The van der Waals surface area contributed by atoms with Gasteiger partial charge >= 0.3 is 83.0 Å². The van der Waals surface area contributed by atoms with E-state index in [-0.39, 0.29) is 90.2 Å². The standard InChI is InChI=1S/C57H110O17P2.C18H20O2.2Na/c1-5-9-13-17-21-25-29-33-37-41-54(59)67-47-52(73-56(61)43-39-35-31-27-23-19-15-11-7-3)49-71-75(63,64)69-45-51(58)46-70-76(65,66)72-50-53(74-57(62)44-40-36-32-28-24-20-16-12-8-4)48-68-55(60)42-38-34-30-26-22-18-14-10-6-2;1-18-9-8-14-13-5-3-12(19)10-11(13)2-4-15(14)16(18)6-7-17(18)20;;/h51-53,58H,5-50H2,1-4H3,(H,63,64)(H,65,66);3-5,10,14,16,19H,2,6-9H2,1H3;;/q;;2*+1/p-2. The first-order chi connectivity index (χ1) is 46.3. The second kappa shape index (κ2) is 57.8. The number of benzene rings is 1. The van der Waals surface area contributed by atoms with Gasteiger partial charge in [-0.05, 0) is 80.5 Å². The Morgan fingerprint density at radius 3 is 1.20 bits per heavy atom. The molecule has 98 heavy (non-hydrogen) atoms. The Morgan fingerprint density at radius 1 is 0.500 bits per heavy atom. The third kappa shape index (κ3) is 43.7. The van der Waals surface area contributed by atoms with Crippen LogP contribution in [0.4, 0.5) is 0 Å². The number of fused-ring (bicyclic) bond motifs is 5. The van der Waals surface area contributed by atoms with Gasteiger partial charge in [0.25, 0.3) is 15.6 Å². The fourth-order valence-corrected chi connectivity index (χ4v) is 14.7. The molecule has 0 aromatic heterocycles. The number of ketones is 1. The Morgan fingerprint density at radius 2 is 0.837 bits per heavy atom. The van der Waals surface area contributed by atoms with E-state index >= 15 is 0 Å². The van der Waals surface area contributed by atoms with Crippen molar-refractivity contribution < 1.29 is 149 Å². The van der Waals surface area contributed by atoms with Crippen molar-refractivity contribution in [2.75, 3.05) is 39.6 Å². The molecule has 23 heteroatoms. The van der Waals surface area contributed by atoms with Crippen molar-refractivity contribution >= 4 is 45.3 Å². The predicted octanol–water partition coefficient (Wildman–Crippen LogP) is 11.7. The van der Waals surface area contributed by atoms with Crippen molar-refractivity contribution in [2.24, 2.45) is 11.3 Å². The predicted molar refractivity (Wildman–Crippen MR) is 372 cm³/mol. The smallest absolute Gasteiger partial charge is 0.756 e. The van der Waals surface area contributed by atoms with Crippen LogP contribution in [0.1, 0.15) is 334 Å². The zero-order valence-corrected chi connectivity index (χ0v) is 67.8. The summed E-state index contributed by atoms with van der Waals surface area (Å²) >= 11 is 0. The minimum Gasteiger partial charge on any atom is -0.756 e. The number of ether oxygens (including phenoxy) is 4. The fraction of sp³-hybridized carbons (Fsp3) is 0.827. The number of phenols is 1. The van der Waals surface area contributed by atoms with E-state index in [1.807, 2.05) is 6.07 Å². The second-order valence-corrected chi connectivity index (χ2v) is 30.3. The topological polar surface area (TPSA) is 280 Å². The zero-order chi connectivity index (χ0) is 70.1. The molecule has 4 rings (SSSR count). The molecular weight excluding hydrogens is 1310 g/mol. The SMILES string of the molecule is CC12CCC3C(=CCc4cc(O)ccc43)C1CCC2=O.CCCCCCCCCCCC(=O)OCC(COP(=O)([O-])OCC(O)COP(=O)([O-])OCC(COC(=O)CCCCCCCCCCC)OC(=O)CCCCCCCCCCC)OC(=O)CCCCCCCCCCC.[Na+].[Na+]. The van der Waals surface area contributed by atoms with Gasteiger partial charge in [-0.25, -0.2) is 0 Å². The van der Waals surface area contributed by atoms with Gasteiger partial charge in [0.15, 0.2) is 12.2 Å². The molecule has 7 unspecified atom stereocenters. The van der Waals surface area contributed by atoms with Crippen LogP contribution < -0.4 is 68.9 Å². The average Bonchev–Trinajstić information content (AvgIpc) is 1.34. The van der Waals surface area contributed by atoms with Crippen LogP contribution in [0.5, 0.6) is 5.75 Å². The first kappa shape index (κ1) is 94.5. The molecule has 2 fully saturated rings. The Hall–Kier alpha value is -1.51. The normalized spacial score (nSPS) is 18.3. The summed E-state index contributed by atoms with van der Waals surface area (Å²) in [5.74, 6) is -0.482. The van der Waals surface area contributed by atoms with Gasteiger partial charge in [0, 0.05) is 43.4 Å². The van der Waals surface area contributed by atoms with Gasteiger partial charge in [0.05, 0.1) is 26.4 Å². The quantitative estimate of drug-likeness (QED) is 0.0153. The average molecular weight is 1440 g/mol. The Kier molecular flexibility index (Phi) is 55.7. The number of rotatable bonds is 58. The maximum Gasteiger partial charge on any atom is 1.00 e. The number of Topliss-reactive ketones (excluding diaryl/α,β-unsaturated/α-hetero) is 1. The molecule has 19 nitrogen and oxygen atoms in total. The van der Waals surface area contributed by atoms with Gasteiger partial charge in [-0.3, -0.25) is 33.1 Å². The molecule has 1 aromatic rings. The van der Waals surface area contributed by atoms with Crippen LogP contribution in [-0.2, 0) is 76.6 Å². The number of carbonyl (C=O) groups is 5. The third-order valence-corrected chi connectivity index (χ3v) is 20.8. The molecule has 0 bridgehead atoms. The van der Waals surface area contributed by atoms with Crippen LogP contribution >= 0.6 is 15.6 Å². The van der Waals surface area contributed by atoms with Crippen LogP contribution in [0.15, 0.2) is 29.8 Å². The molecule has 0 aliphatic heterocycles. The molecule has 3 aliphatic rings. The molecule has 0 heterocycles. The Bertz CT molecular complexity index is 2330. The zero-order valence-electron chi connectivity index (χ0n) is 62.0. The molecule has 0 spiro atoms. The van der Waals surface area contributed by atoms with Crippen LogP contribution in [-0.4, -0.2) is 97.8 Å². The number of hydrogen-bond donors (Lipinski definition) is 2. The number of aliphatic hydroxyl groups is 1. The summed E-state index contributed by atoms with van der Waals surface area (Å²) in [7, 11) is -10.4. The van der Waals surface area contributed by atoms with E-state index in [2.05, 4.69) is 46.8 Å². The number of esters is 4. The number of phosphoric ester groups is 2. The summed E-state index contributed by atoms with van der Waals surface area (Å²) < 4.78 is 66.7. The summed E-state index contributed by atoms with van der Waals surface area (Å²) in [6.07, 6.45) is 41.3. The van der Waals surface area contributed by atoms with Crippen LogP contribution in [0.3, 0.4) is 0 Å². The molecule has 3 aliphatic carbocycles. The van der Waals surface area contributed by atoms with Crippen LogP contribution in [0.25, 0.3) is 0 Å². The molecular formula is C75H128Na2O19P2. The minimum absolute atomic E-state index is 0. The monoisotopic (exact) mass is 1440 g/mol. The number of phenolic OH excluding ortho intramolecular Hbond substituents is 1. The number of phosphoric acid groups is 2. The van der Waals surface area contributed by atoms with Crippen molar-refractivity contribution in [3.63, 3.8) is 0 Å². The first-order valence-electron chi connectivity index (χ1n) is 37.9. The molecule has 0 saturated heterocycles. The summed E-state index contributed by atoms with van der Waals surface area (Å²) in [5.41, 5.74) is 4.03. The van der Waals surface area contributed by atoms with Crippen molar-refractivity contribution in [3.8, 4) is 5.75 Å². The number of unbranched alkanes of at least 4 members (excludes halogenated alkanes) is 32. The van der Waals surface area contributed by atoms with E-state index < -0.39 is 97.5 Å². The largest absolute Gasteiger partial charge is 1.00 e. The molecule has 0 radical (unpaired) electrons. The maximum absolute atomic E-state index is 12.8.